The number of aryl methyl sites for hydroxylation is 1. The van der Waals surface area contributed by atoms with Crippen LogP contribution in [0.5, 0.6) is 5.75 Å². The number of barbiturate groups is 1. The summed E-state index contributed by atoms with van der Waals surface area (Å²) in [6.07, 6.45) is 3.26. The monoisotopic (exact) mass is 475 g/mol. The lowest BCUT2D eigenvalue weighted by molar-refractivity contribution is -0.122. The number of carbonyl (C=O) groups excluding carboxylic acids is 3. The van der Waals surface area contributed by atoms with Gasteiger partial charge in [-0.05, 0) is 72.5 Å². The molecule has 2 heterocycles. The lowest BCUT2D eigenvalue weighted by atomic mass is 10.0. The Morgan fingerprint density at radius 1 is 1.06 bits per heavy atom. The first-order chi connectivity index (χ1) is 16.7. The Kier molecular flexibility index (Phi) is 6.82. The molecule has 0 bridgehead atoms. The Hall–Kier alpha value is -4.20. The van der Waals surface area contributed by atoms with Gasteiger partial charge in [0.25, 0.3) is 11.8 Å². The van der Waals surface area contributed by atoms with Gasteiger partial charge in [-0.1, -0.05) is 26.0 Å². The van der Waals surface area contributed by atoms with Crippen LogP contribution in [0.1, 0.15) is 36.6 Å². The smallest absolute Gasteiger partial charge is 0.335 e. The second-order valence-electron chi connectivity index (χ2n) is 8.61. The molecule has 1 aromatic heterocycles. The van der Waals surface area contributed by atoms with Crippen LogP contribution in [-0.4, -0.2) is 29.0 Å². The topological polar surface area (TPSA) is 80.6 Å². The van der Waals surface area contributed by atoms with E-state index in [0.29, 0.717) is 24.8 Å². The zero-order chi connectivity index (χ0) is 25.1. The molecule has 1 N–H and O–H groups in total. The summed E-state index contributed by atoms with van der Waals surface area (Å²) in [6.45, 7) is 7.10. The zero-order valence-corrected chi connectivity index (χ0v) is 19.7. The number of rotatable bonds is 7. The predicted molar refractivity (Wildman–Crippen MR) is 131 cm³/mol. The van der Waals surface area contributed by atoms with Crippen molar-refractivity contribution in [2.24, 2.45) is 0 Å². The van der Waals surface area contributed by atoms with Gasteiger partial charge in [0.05, 0.1) is 12.2 Å². The van der Waals surface area contributed by atoms with E-state index in [-0.39, 0.29) is 11.3 Å². The van der Waals surface area contributed by atoms with E-state index >= 15 is 0 Å². The Morgan fingerprint density at radius 2 is 1.80 bits per heavy atom. The molecular weight excluding hydrogens is 449 g/mol. The van der Waals surface area contributed by atoms with Crippen molar-refractivity contribution in [1.29, 1.82) is 0 Å². The van der Waals surface area contributed by atoms with Crippen molar-refractivity contribution in [3.05, 3.63) is 89.0 Å². The van der Waals surface area contributed by atoms with Crippen LogP contribution in [-0.2, 0) is 16.1 Å². The van der Waals surface area contributed by atoms with Crippen LogP contribution in [0, 0.1) is 12.7 Å². The maximum Gasteiger partial charge on any atom is 0.335 e. The average molecular weight is 476 g/mol. The van der Waals surface area contributed by atoms with E-state index < -0.39 is 23.7 Å². The van der Waals surface area contributed by atoms with E-state index in [4.69, 9.17) is 4.74 Å². The Balaban J connectivity index is 1.53. The maximum atomic E-state index is 13.3. The quantitative estimate of drug-likeness (QED) is 0.393. The molecule has 1 saturated heterocycles. The summed E-state index contributed by atoms with van der Waals surface area (Å²) >= 11 is 0. The molecule has 8 heteroatoms. The predicted octanol–water partition coefficient (Wildman–Crippen LogP) is 4.80. The van der Waals surface area contributed by atoms with Crippen LogP contribution in [0.4, 0.5) is 14.9 Å². The van der Waals surface area contributed by atoms with Crippen molar-refractivity contribution < 1.29 is 23.5 Å². The number of amides is 4. The highest BCUT2D eigenvalue weighted by Gasteiger charge is 2.37. The SMILES string of the molecule is Cc1ccc(C(C)C)c(OCCn2cccc2/C=C2\C(=O)NC(=O)N(c3ccc(F)cc3)C2=O)c1. The van der Waals surface area contributed by atoms with Gasteiger partial charge in [-0.2, -0.15) is 0 Å². The third-order valence-corrected chi connectivity index (χ3v) is 5.72. The van der Waals surface area contributed by atoms with Gasteiger partial charge in [0.2, 0.25) is 0 Å². The molecule has 180 valence electrons. The van der Waals surface area contributed by atoms with Crippen molar-refractivity contribution in [2.75, 3.05) is 11.5 Å². The van der Waals surface area contributed by atoms with Crippen LogP contribution in [0.25, 0.3) is 6.08 Å². The fraction of sp³-hybridized carbons (Fsp3) is 0.222. The molecule has 7 nitrogen and oxygen atoms in total. The number of halogens is 1. The molecule has 3 aromatic rings. The fourth-order valence-electron chi connectivity index (χ4n) is 3.89. The summed E-state index contributed by atoms with van der Waals surface area (Å²) in [5.41, 5.74) is 2.80. The summed E-state index contributed by atoms with van der Waals surface area (Å²) in [7, 11) is 0. The number of hydrogen-bond donors (Lipinski definition) is 1. The minimum absolute atomic E-state index is 0.162. The number of carbonyl (C=O) groups is 3. The number of nitrogens with zero attached hydrogens (tertiary/aromatic N) is 2. The number of benzene rings is 2. The highest BCUT2D eigenvalue weighted by Crippen LogP contribution is 2.28. The number of anilines is 1. The minimum atomic E-state index is -0.883. The molecule has 1 aliphatic heterocycles. The van der Waals surface area contributed by atoms with E-state index in [0.717, 1.165) is 33.9 Å². The van der Waals surface area contributed by atoms with Crippen LogP contribution in [0.3, 0.4) is 0 Å². The number of imide groups is 2. The van der Waals surface area contributed by atoms with Crippen molar-refractivity contribution in [1.82, 2.24) is 9.88 Å². The lowest BCUT2D eigenvalue weighted by Gasteiger charge is -2.26. The van der Waals surface area contributed by atoms with Gasteiger partial charge >= 0.3 is 6.03 Å². The number of nitrogens with one attached hydrogen (secondary N) is 1. The molecule has 1 aliphatic rings. The van der Waals surface area contributed by atoms with E-state index in [1.54, 1.807) is 12.1 Å². The van der Waals surface area contributed by atoms with Gasteiger partial charge in [-0.3, -0.25) is 14.9 Å². The summed E-state index contributed by atoms with van der Waals surface area (Å²) in [5, 5.41) is 2.17. The maximum absolute atomic E-state index is 13.3. The zero-order valence-electron chi connectivity index (χ0n) is 19.7. The molecule has 0 atom stereocenters. The molecule has 2 aromatic carbocycles. The van der Waals surface area contributed by atoms with Crippen LogP contribution in [0.2, 0.25) is 0 Å². The molecule has 0 radical (unpaired) electrons. The summed E-state index contributed by atoms with van der Waals surface area (Å²) in [6, 6.07) is 13.7. The normalized spacial score (nSPS) is 15.2. The molecule has 0 saturated carbocycles. The van der Waals surface area contributed by atoms with Gasteiger partial charge in [0, 0.05) is 11.9 Å². The molecule has 0 spiro atoms. The van der Waals surface area contributed by atoms with Crippen molar-refractivity contribution in [3.63, 3.8) is 0 Å². The summed E-state index contributed by atoms with van der Waals surface area (Å²) < 4.78 is 21.2. The highest BCUT2D eigenvalue weighted by molar-refractivity contribution is 6.39. The molecule has 0 unspecified atom stereocenters. The number of urea groups is 1. The molecule has 35 heavy (non-hydrogen) atoms. The Morgan fingerprint density at radius 3 is 2.51 bits per heavy atom. The first kappa shape index (κ1) is 23.9. The van der Waals surface area contributed by atoms with Crippen LogP contribution < -0.4 is 15.0 Å². The second kappa shape index (κ2) is 9.97. The number of hydrogen-bond acceptors (Lipinski definition) is 4. The summed E-state index contributed by atoms with van der Waals surface area (Å²) in [5.74, 6) is -0.918. The molecular formula is C27H26FN3O4. The van der Waals surface area contributed by atoms with Crippen LogP contribution >= 0.6 is 0 Å². The molecule has 4 amide bonds. The average Bonchev–Trinajstić information content (AvgIpc) is 3.24. The van der Waals surface area contributed by atoms with Crippen molar-refractivity contribution in [3.8, 4) is 5.75 Å². The first-order valence-electron chi connectivity index (χ1n) is 11.3. The van der Waals surface area contributed by atoms with Gasteiger partial charge in [0.15, 0.2) is 0 Å². The fourth-order valence-corrected chi connectivity index (χ4v) is 3.89. The highest BCUT2D eigenvalue weighted by atomic mass is 19.1. The molecule has 0 aliphatic carbocycles. The lowest BCUT2D eigenvalue weighted by Crippen LogP contribution is -2.54. The third kappa shape index (κ3) is 5.16. The van der Waals surface area contributed by atoms with Gasteiger partial charge in [-0.15, -0.1) is 0 Å². The Labute approximate surface area is 202 Å². The second-order valence-corrected chi connectivity index (χ2v) is 8.61. The number of aromatic nitrogens is 1. The van der Waals surface area contributed by atoms with Crippen molar-refractivity contribution >= 4 is 29.6 Å². The number of ether oxygens (including phenoxy) is 1. The van der Waals surface area contributed by atoms with E-state index in [1.807, 2.05) is 23.8 Å². The van der Waals surface area contributed by atoms with Gasteiger partial charge < -0.3 is 9.30 Å². The van der Waals surface area contributed by atoms with E-state index in [2.05, 4.69) is 31.3 Å². The Bertz CT molecular complexity index is 1310. The summed E-state index contributed by atoms with van der Waals surface area (Å²) in [4.78, 5) is 38.7. The van der Waals surface area contributed by atoms with Gasteiger partial charge in [0.1, 0.15) is 23.7 Å². The minimum Gasteiger partial charge on any atom is -0.491 e. The largest absolute Gasteiger partial charge is 0.491 e. The standard InChI is InChI=1S/C27H26FN3O4/c1-17(2)22-11-6-18(3)15-24(22)35-14-13-30-12-4-5-21(30)16-23-25(32)29-27(34)31(26(23)33)20-9-7-19(28)8-10-20/h4-12,15-17H,13-14H2,1-3H3,(H,29,32,34)/b23-16+. The molecule has 4 rings (SSSR count). The third-order valence-electron chi connectivity index (χ3n) is 5.72. The van der Waals surface area contributed by atoms with Crippen LogP contribution in [0.15, 0.2) is 66.4 Å². The van der Waals surface area contributed by atoms with E-state index in [9.17, 15) is 18.8 Å². The van der Waals surface area contributed by atoms with Crippen molar-refractivity contribution in [2.45, 2.75) is 33.2 Å². The molecule has 1 fully saturated rings. The van der Waals surface area contributed by atoms with Gasteiger partial charge in [-0.25, -0.2) is 14.1 Å². The van der Waals surface area contributed by atoms with E-state index in [1.165, 1.54) is 18.2 Å². The first-order valence-corrected chi connectivity index (χ1v) is 11.3.